The van der Waals surface area contributed by atoms with Crippen LogP contribution in [0.5, 0.6) is 0 Å². The highest BCUT2D eigenvalue weighted by Crippen LogP contribution is 2.09. The lowest BCUT2D eigenvalue weighted by Crippen LogP contribution is -2.44. The molecule has 0 unspecified atom stereocenters. The number of hydrogen-bond acceptors (Lipinski definition) is 2. The Labute approximate surface area is 96.2 Å². The van der Waals surface area contributed by atoms with Crippen LogP contribution >= 0.6 is 0 Å². The molecule has 1 aromatic rings. The monoisotopic (exact) mass is 218 g/mol. The highest BCUT2D eigenvalue weighted by atomic mass is 16.1. The molecule has 1 aromatic carbocycles. The molecule has 3 nitrogen and oxygen atoms in total. The van der Waals surface area contributed by atoms with Crippen molar-refractivity contribution < 1.29 is 4.79 Å². The summed E-state index contributed by atoms with van der Waals surface area (Å²) in [5.74, 6) is 0.701. The molecule has 2 N–H and O–H groups in total. The highest BCUT2D eigenvalue weighted by molar-refractivity contribution is 5.76. The molecular formula is C13H18N2O. The topological polar surface area (TPSA) is 41.1 Å². The summed E-state index contributed by atoms with van der Waals surface area (Å²) in [5.41, 5.74) is 2.43. The minimum Gasteiger partial charge on any atom is -0.352 e. The lowest BCUT2D eigenvalue weighted by Gasteiger charge is -2.26. The zero-order valence-electron chi connectivity index (χ0n) is 9.62. The van der Waals surface area contributed by atoms with Gasteiger partial charge >= 0.3 is 0 Å². The Bertz CT molecular complexity index is 372. The van der Waals surface area contributed by atoms with Gasteiger partial charge in [-0.3, -0.25) is 4.79 Å². The zero-order chi connectivity index (χ0) is 11.4. The summed E-state index contributed by atoms with van der Waals surface area (Å²) in [6.45, 7) is 4.68. The highest BCUT2D eigenvalue weighted by Gasteiger charge is 2.19. The van der Waals surface area contributed by atoms with E-state index in [9.17, 15) is 4.79 Å². The summed E-state index contributed by atoms with van der Waals surface area (Å²) in [5, 5.41) is 6.14. The molecule has 1 amide bonds. The third-order valence-electron chi connectivity index (χ3n) is 3.08. The molecule has 1 aliphatic rings. The van der Waals surface area contributed by atoms with Crippen LogP contribution in [0.1, 0.15) is 17.5 Å². The molecule has 1 aliphatic heterocycles. The maximum atomic E-state index is 11.6. The minimum absolute atomic E-state index is 0.162. The van der Waals surface area contributed by atoms with E-state index < -0.39 is 0 Å². The molecule has 1 saturated heterocycles. The van der Waals surface area contributed by atoms with Crippen molar-refractivity contribution >= 4 is 5.91 Å². The Kier molecular flexibility index (Phi) is 3.57. The minimum atomic E-state index is 0.162. The number of nitrogens with one attached hydrogen (secondary N) is 2. The maximum absolute atomic E-state index is 11.6. The van der Waals surface area contributed by atoms with Gasteiger partial charge in [0.15, 0.2) is 0 Å². The van der Waals surface area contributed by atoms with Crippen LogP contribution in [0.4, 0.5) is 0 Å². The standard InChI is InChI=1S/C13H18N2O/c1-10-4-2-3-5-12(10)9-15-13(16)6-11-7-14-8-11/h2-5,11,14H,6-9H2,1H3,(H,15,16). The first-order chi connectivity index (χ1) is 7.75. The van der Waals surface area contributed by atoms with Gasteiger partial charge in [0.05, 0.1) is 0 Å². The van der Waals surface area contributed by atoms with E-state index in [1.165, 1.54) is 11.1 Å². The van der Waals surface area contributed by atoms with E-state index in [4.69, 9.17) is 0 Å². The lowest BCUT2D eigenvalue weighted by molar-refractivity contribution is -0.122. The molecule has 2 rings (SSSR count). The Balaban J connectivity index is 1.78. The van der Waals surface area contributed by atoms with Crippen molar-refractivity contribution in [3.8, 4) is 0 Å². The van der Waals surface area contributed by atoms with Gasteiger partial charge in [0.1, 0.15) is 0 Å². The van der Waals surface area contributed by atoms with Gasteiger partial charge in [-0.2, -0.15) is 0 Å². The number of rotatable bonds is 4. The van der Waals surface area contributed by atoms with E-state index in [0.717, 1.165) is 13.1 Å². The Morgan fingerprint density at radius 2 is 2.19 bits per heavy atom. The van der Waals surface area contributed by atoms with Crippen LogP contribution in [0.2, 0.25) is 0 Å². The summed E-state index contributed by atoms with van der Waals surface area (Å²) in [6.07, 6.45) is 0.652. The van der Waals surface area contributed by atoms with E-state index >= 15 is 0 Å². The number of carbonyl (C=O) groups excluding carboxylic acids is 1. The van der Waals surface area contributed by atoms with Crippen LogP contribution in [-0.4, -0.2) is 19.0 Å². The fraction of sp³-hybridized carbons (Fsp3) is 0.462. The van der Waals surface area contributed by atoms with E-state index in [-0.39, 0.29) is 5.91 Å². The van der Waals surface area contributed by atoms with Gasteiger partial charge in [-0.25, -0.2) is 0 Å². The van der Waals surface area contributed by atoms with Crippen molar-refractivity contribution in [2.45, 2.75) is 19.9 Å². The van der Waals surface area contributed by atoms with E-state index in [1.807, 2.05) is 12.1 Å². The second-order valence-electron chi connectivity index (χ2n) is 4.43. The molecule has 1 fully saturated rings. The SMILES string of the molecule is Cc1ccccc1CNC(=O)CC1CNC1. The van der Waals surface area contributed by atoms with Crippen molar-refractivity contribution in [1.82, 2.24) is 10.6 Å². The number of hydrogen-bond donors (Lipinski definition) is 2. The predicted octanol–water partition coefficient (Wildman–Crippen LogP) is 1.22. The first kappa shape index (κ1) is 11.1. The molecular weight excluding hydrogens is 200 g/mol. The molecule has 86 valence electrons. The average molecular weight is 218 g/mol. The summed E-state index contributed by atoms with van der Waals surface area (Å²) >= 11 is 0. The second-order valence-corrected chi connectivity index (χ2v) is 4.43. The van der Waals surface area contributed by atoms with Crippen LogP contribution < -0.4 is 10.6 Å². The largest absolute Gasteiger partial charge is 0.352 e. The molecule has 0 spiro atoms. The van der Waals surface area contributed by atoms with Crippen molar-refractivity contribution in [2.75, 3.05) is 13.1 Å². The summed E-state index contributed by atoms with van der Waals surface area (Å²) in [4.78, 5) is 11.6. The van der Waals surface area contributed by atoms with Gasteiger partial charge in [-0.05, 0) is 37.1 Å². The number of carbonyl (C=O) groups is 1. The van der Waals surface area contributed by atoms with Gasteiger partial charge in [0.2, 0.25) is 5.91 Å². The Hall–Kier alpha value is -1.35. The molecule has 3 heteroatoms. The average Bonchev–Trinajstić information content (AvgIpc) is 2.22. The van der Waals surface area contributed by atoms with Crippen molar-refractivity contribution in [3.63, 3.8) is 0 Å². The smallest absolute Gasteiger partial charge is 0.220 e. The molecule has 1 heterocycles. The molecule has 0 radical (unpaired) electrons. The third-order valence-corrected chi connectivity index (χ3v) is 3.08. The molecule has 0 aliphatic carbocycles. The van der Waals surface area contributed by atoms with E-state index in [1.54, 1.807) is 0 Å². The first-order valence-corrected chi connectivity index (χ1v) is 5.77. The van der Waals surface area contributed by atoms with Gasteiger partial charge in [-0.1, -0.05) is 24.3 Å². The van der Waals surface area contributed by atoms with Crippen molar-refractivity contribution in [2.24, 2.45) is 5.92 Å². The number of benzene rings is 1. The van der Waals surface area contributed by atoms with Crippen LogP contribution in [0.25, 0.3) is 0 Å². The molecule has 0 saturated carbocycles. The predicted molar refractivity (Wildman–Crippen MR) is 64.0 cm³/mol. The van der Waals surface area contributed by atoms with Crippen LogP contribution in [0.3, 0.4) is 0 Å². The fourth-order valence-corrected chi connectivity index (χ4v) is 1.83. The van der Waals surface area contributed by atoms with Crippen molar-refractivity contribution in [1.29, 1.82) is 0 Å². The number of aryl methyl sites for hydroxylation is 1. The summed E-state index contributed by atoms with van der Waals surface area (Å²) in [6, 6.07) is 8.14. The molecule has 0 aromatic heterocycles. The van der Waals surface area contributed by atoms with E-state index in [0.29, 0.717) is 18.9 Å². The first-order valence-electron chi connectivity index (χ1n) is 5.77. The molecule has 16 heavy (non-hydrogen) atoms. The van der Waals surface area contributed by atoms with Crippen molar-refractivity contribution in [3.05, 3.63) is 35.4 Å². The molecule has 0 atom stereocenters. The van der Waals surface area contributed by atoms with Gasteiger partial charge in [0.25, 0.3) is 0 Å². The second kappa shape index (κ2) is 5.12. The Morgan fingerprint density at radius 3 is 2.81 bits per heavy atom. The quantitative estimate of drug-likeness (QED) is 0.798. The zero-order valence-corrected chi connectivity index (χ0v) is 9.62. The van der Waals surface area contributed by atoms with Crippen LogP contribution in [-0.2, 0) is 11.3 Å². The number of amides is 1. The Morgan fingerprint density at radius 1 is 1.44 bits per heavy atom. The van der Waals surface area contributed by atoms with Crippen LogP contribution in [0.15, 0.2) is 24.3 Å². The molecule has 0 bridgehead atoms. The van der Waals surface area contributed by atoms with Gasteiger partial charge in [-0.15, -0.1) is 0 Å². The third kappa shape index (κ3) is 2.83. The van der Waals surface area contributed by atoms with Gasteiger partial charge < -0.3 is 10.6 Å². The fourth-order valence-electron chi connectivity index (χ4n) is 1.83. The maximum Gasteiger partial charge on any atom is 0.220 e. The van der Waals surface area contributed by atoms with Gasteiger partial charge in [0, 0.05) is 13.0 Å². The van der Waals surface area contributed by atoms with E-state index in [2.05, 4.69) is 29.7 Å². The normalized spacial score (nSPS) is 15.6. The lowest BCUT2D eigenvalue weighted by atomic mass is 9.99. The summed E-state index contributed by atoms with van der Waals surface area (Å²) < 4.78 is 0. The van der Waals surface area contributed by atoms with Crippen LogP contribution in [0, 0.1) is 12.8 Å². The summed E-state index contributed by atoms with van der Waals surface area (Å²) in [7, 11) is 0.